The molecule has 2 N–H and O–H groups in total. The van der Waals surface area contributed by atoms with Crippen LogP contribution in [0.1, 0.15) is 23.7 Å². The first-order chi connectivity index (χ1) is 10.4. The van der Waals surface area contributed by atoms with Gasteiger partial charge in [0.05, 0.1) is 12.1 Å². The summed E-state index contributed by atoms with van der Waals surface area (Å²) in [6.45, 7) is 1.73. The van der Waals surface area contributed by atoms with Crippen LogP contribution >= 0.6 is 15.9 Å². The van der Waals surface area contributed by atoms with E-state index >= 15 is 0 Å². The lowest BCUT2D eigenvalue weighted by molar-refractivity contribution is -0.127. The Labute approximate surface area is 135 Å². The summed E-state index contributed by atoms with van der Waals surface area (Å²) in [5.41, 5.74) is 0.106. The molecule has 0 atom stereocenters. The van der Waals surface area contributed by atoms with E-state index in [2.05, 4.69) is 26.6 Å². The molecule has 120 valence electrons. The van der Waals surface area contributed by atoms with Crippen molar-refractivity contribution in [3.05, 3.63) is 34.1 Å². The molecule has 0 radical (unpaired) electrons. The Balaban J connectivity index is 2.37. The van der Waals surface area contributed by atoms with Crippen LogP contribution in [0.4, 0.5) is 4.39 Å². The first-order valence-electron chi connectivity index (χ1n) is 6.59. The molecule has 1 aromatic rings. The summed E-state index contributed by atoms with van der Waals surface area (Å²) < 4.78 is 17.9. The lowest BCUT2D eigenvalue weighted by atomic mass is 10.2. The van der Waals surface area contributed by atoms with Crippen LogP contribution in [0.3, 0.4) is 0 Å². The number of benzene rings is 1. The largest absolute Gasteiger partial charge is 0.452 e. The third kappa shape index (κ3) is 6.21. The minimum absolute atomic E-state index is 0.106. The molecule has 0 aliphatic rings. The number of hydrogen-bond donors (Lipinski definition) is 2. The Morgan fingerprint density at radius 3 is 2.59 bits per heavy atom. The normalized spacial score (nSPS) is 9.95. The van der Waals surface area contributed by atoms with Gasteiger partial charge < -0.3 is 15.4 Å². The molecule has 0 aliphatic carbocycles. The highest BCUT2D eigenvalue weighted by Gasteiger charge is 2.14. The lowest BCUT2D eigenvalue weighted by Crippen LogP contribution is -2.38. The highest BCUT2D eigenvalue weighted by atomic mass is 79.9. The summed E-state index contributed by atoms with van der Waals surface area (Å²) >= 11 is 3.03. The SMILES string of the molecule is CCCNC(=O)CNC(=O)COC(=O)c1ccc(F)cc1Br. The van der Waals surface area contributed by atoms with Crippen LogP contribution in [0.15, 0.2) is 22.7 Å². The standard InChI is InChI=1S/C14H16BrFN2O4/c1-2-5-17-12(19)7-18-13(20)8-22-14(21)10-4-3-9(16)6-11(10)15/h3-4,6H,2,5,7-8H2,1H3,(H,17,19)(H,18,20). The number of amides is 2. The molecule has 0 bridgehead atoms. The minimum atomic E-state index is -0.766. The Kier molecular flexibility index (Phi) is 7.51. The summed E-state index contributed by atoms with van der Waals surface area (Å²) in [7, 11) is 0. The number of carbonyl (C=O) groups is 3. The van der Waals surface area contributed by atoms with Crippen molar-refractivity contribution in [2.75, 3.05) is 19.7 Å². The van der Waals surface area contributed by atoms with Gasteiger partial charge in [-0.2, -0.15) is 0 Å². The van der Waals surface area contributed by atoms with Crippen LogP contribution < -0.4 is 10.6 Å². The Bertz CT molecular complexity index is 566. The smallest absolute Gasteiger partial charge is 0.339 e. The summed E-state index contributed by atoms with van der Waals surface area (Å²) in [6.07, 6.45) is 0.795. The van der Waals surface area contributed by atoms with Gasteiger partial charge in [0.1, 0.15) is 5.82 Å². The van der Waals surface area contributed by atoms with Crippen LogP contribution in [0, 0.1) is 5.82 Å². The van der Waals surface area contributed by atoms with Crippen LogP contribution in [0.25, 0.3) is 0 Å². The number of hydrogen-bond acceptors (Lipinski definition) is 4. The Morgan fingerprint density at radius 2 is 1.95 bits per heavy atom. The molecule has 2 amide bonds. The van der Waals surface area contributed by atoms with Crippen molar-refractivity contribution < 1.29 is 23.5 Å². The van der Waals surface area contributed by atoms with Gasteiger partial charge in [0, 0.05) is 11.0 Å². The van der Waals surface area contributed by atoms with Crippen molar-refractivity contribution in [2.45, 2.75) is 13.3 Å². The molecular formula is C14H16BrFN2O4. The molecule has 8 heteroatoms. The van der Waals surface area contributed by atoms with Gasteiger partial charge in [-0.25, -0.2) is 9.18 Å². The fourth-order valence-corrected chi connectivity index (χ4v) is 1.93. The third-order valence-electron chi connectivity index (χ3n) is 2.50. The van der Waals surface area contributed by atoms with E-state index in [1.54, 1.807) is 0 Å². The molecule has 0 saturated carbocycles. The number of esters is 1. The van der Waals surface area contributed by atoms with Crippen LogP contribution in [0.5, 0.6) is 0 Å². The van der Waals surface area contributed by atoms with E-state index in [9.17, 15) is 18.8 Å². The van der Waals surface area contributed by atoms with Crippen LogP contribution in [-0.2, 0) is 14.3 Å². The summed E-state index contributed by atoms with van der Waals surface area (Å²) in [4.78, 5) is 34.5. The molecule has 6 nitrogen and oxygen atoms in total. The number of ether oxygens (including phenoxy) is 1. The average Bonchev–Trinajstić information content (AvgIpc) is 2.48. The molecule has 0 saturated heterocycles. The van der Waals surface area contributed by atoms with E-state index in [0.29, 0.717) is 6.54 Å². The highest BCUT2D eigenvalue weighted by molar-refractivity contribution is 9.10. The van der Waals surface area contributed by atoms with E-state index in [-0.39, 0.29) is 22.5 Å². The van der Waals surface area contributed by atoms with E-state index in [4.69, 9.17) is 4.74 Å². The maximum Gasteiger partial charge on any atom is 0.339 e. The van der Waals surface area contributed by atoms with Crippen molar-refractivity contribution in [1.82, 2.24) is 10.6 Å². The van der Waals surface area contributed by atoms with Gasteiger partial charge in [-0.3, -0.25) is 9.59 Å². The summed E-state index contributed by atoms with van der Waals surface area (Å²) in [5, 5.41) is 4.91. The summed E-state index contributed by atoms with van der Waals surface area (Å²) in [6, 6.07) is 3.48. The molecule has 0 fully saturated rings. The van der Waals surface area contributed by atoms with Gasteiger partial charge in [-0.05, 0) is 40.5 Å². The average molecular weight is 375 g/mol. The van der Waals surface area contributed by atoms with Gasteiger partial charge in [0.15, 0.2) is 6.61 Å². The minimum Gasteiger partial charge on any atom is -0.452 e. The Morgan fingerprint density at radius 1 is 1.23 bits per heavy atom. The predicted molar refractivity (Wildman–Crippen MR) is 80.7 cm³/mol. The van der Waals surface area contributed by atoms with Gasteiger partial charge in [-0.15, -0.1) is 0 Å². The van der Waals surface area contributed by atoms with Crippen molar-refractivity contribution in [1.29, 1.82) is 0 Å². The highest BCUT2D eigenvalue weighted by Crippen LogP contribution is 2.18. The van der Waals surface area contributed by atoms with Gasteiger partial charge >= 0.3 is 5.97 Å². The summed E-state index contributed by atoms with van der Waals surface area (Å²) in [5.74, 6) is -2.18. The predicted octanol–water partition coefficient (Wildman–Crippen LogP) is 1.39. The maximum absolute atomic E-state index is 12.9. The second-order valence-electron chi connectivity index (χ2n) is 4.33. The fourth-order valence-electron chi connectivity index (χ4n) is 1.42. The molecule has 1 rings (SSSR count). The van der Waals surface area contributed by atoms with Crippen molar-refractivity contribution in [3.8, 4) is 0 Å². The second-order valence-corrected chi connectivity index (χ2v) is 5.18. The lowest BCUT2D eigenvalue weighted by Gasteiger charge is -2.08. The quantitative estimate of drug-likeness (QED) is 0.706. The van der Waals surface area contributed by atoms with E-state index in [1.807, 2.05) is 6.92 Å². The number of nitrogens with one attached hydrogen (secondary N) is 2. The molecule has 0 spiro atoms. The van der Waals surface area contributed by atoms with E-state index in [1.165, 1.54) is 6.07 Å². The first kappa shape index (κ1) is 18.1. The van der Waals surface area contributed by atoms with Crippen molar-refractivity contribution >= 4 is 33.7 Å². The zero-order valence-electron chi connectivity index (χ0n) is 11.9. The fraction of sp³-hybridized carbons (Fsp3) is 0.357. The monoisotopic (exact) mass is 374 g/mol. The second kappa shape index (κ2) is 9.14. The van der Waals surface area contributed by atoms with Crippen molar-refractivity contribution in [3.63, 3.8) is 0 Å². The molecule has 1 aromatic carbocycles. The number of rotatable bonds is 7. The topological polar surface area (TPSA) is 84.5 Å². The molecular weight excluding hydrogens is 359 g/mol. The first-order valence-corrected chi connectivity index (χ1v) is 7.39. The molecule has 0 unspecified atom stereocenters. The van der Waals surface area contributed by atoms with Gasteiger partial charge in [0.25, 0.3) is 5.91 Å². The van der Waals surface area contributed by atoms with E-state index in [0.717, 1.165) is 18.6 Å². The molecule has 0 aliphatic heterocycles. The molecule has 22 heavy (non-hydrogen) atoms. The maximum atomic E-state index is 12.9. The van der Waals surface area contributed by atoms with Gasteiger partial charge in [0.2, 0.25) is 5.91 Å². The third-order valence-corrected chi connectivity index (χ3v) is 3.16. The Hall–Kier alpha value is -1.96. The van der Waals surface area contributed by atoms with Crippen LogP contribution in [-0.4, -0.2) is 37.5 Å². The van der Waals surface area contributed by atoms with Crippen LogP contribution in [0.2, 0.25) is 0 Å². The number of halogens is 2. The van der Waals surface area contributed by atoms with Crippen molar-refractivity contribution in [2.24, 2.45) is 0 Å². The zero-order valence-corrected chi connectivity index (χ0v) is 13.5. The van der Waals surface area contributed by atoms with E-state index < -0.39 is 24.3 Å². The number of carbonyl (C=O) groups excluding carboxylic acids is 3. The van der Waals surface area contributed by atoms with Gasteiger partial charge in [-0.1, -0.05) is 6.92 Å². The molecule has 0 heterocycles. The zero-order chi connectivity index (χ0) is 16.5. The molecule has 0 aromatic heterocycles.